The van der Waals surface area contributed by atoms with Crippen molar-refractivity contribution in [3.8, 4) is 5.75 Å². The van der Waals surface area contributed by atoms with Crippen LogP contribution in [-0.2, 0) is 0 Å². The Labute approximate surface area is 114 Å². The average Bonchev–Trinajstić information content (AvgIpc) is 2.86. The van der Waals surface area contributed by atoms with Crippen LogP contribution in [-0.4, -0.2) is 25.2 Å². The van der Waals surface area contributed by atoms with Gasteiger partial charge < -0.3 is 14.1 Å². The molecule has 4 nitrogen and oxygen atoms in total. The van der Waals surface area contributed by atoms with Crippen molar-refractivity contribution in [3.63, 3.8) is 0 Å². The monoisotopic (exact) mass is 310 g/mol. The zero-order valence-corrected chi connectivity index (χ0v) is 11.9. The Morgan fingerprint density at radius 1 is 1.28 bits per heavy atom. The Kier molecular flexibility index (Phi) is 3.16. The minimum atomic E-state index is 0.704. The van der Waals surface area contributed by atoms with Crippen LogP contribution in [0.4, 0.5) is 6.01 Å². The standard InChI is InChI=1S/C13H15BrN2O2/c1-17-10-6-5-9(14)12-11(10)15-13(18-12)16-7-3-2-4-8-16/h5-6H,2-4,7-8H2,1H3. The number of halogens is 1. The molecule has 0 amide bonds. The molecule has 1 aliphatic rings. The molecule has 1 fully saturated rings. The first kappa shape index (κ1) is 11.8. The normalized spacial score (nSPS) is 16.2. The van der Waals surface area contributed by atoms with E-state index in [4.69, 9.17) is 9.15 Å². The third kappa shape index (κ3) is 1.96. The molecule has 0 saturated carbocycles. The van der Waals surface area contributed by atoms with E-state index in [1.165, 1.54) is 19.3 Å². The highest BCUT2D eigenvalue weighted by atomic mass is 79.9. The van der Waals surface area contributed by atoms with E-state index in [0.717, 1.165) is 34.4 Å². The molecule has 1 saturated heterocycles. The van der Waals surface area contributed by atoms with Crippen LogP contribution in [0.3, 0.4) is 0 Å². The van der Waals surface area contributed by atoms with Gasteiger partial charge in [0.1, 0.15) is 5.75 Å². The van der Waals surface area contributed by atoms with Gasteiger partial charge in [0, 0.05) is 13.1 Å². The van der Waals surface area contributed by atoms with Gasteiger partial charge in [-0.1, -0.05) is 0 Å². The van der Waals surface area contributed by atoms with Crippen LogP contribution in [0.15, 0.2) is 21.0 Å². The zero-order chi connectivity index (χ0) is 12.5. The SMILES string of the molecule is COc1ccc(Br)c2oc(N3CCCCC3)nc12. The molecule has 0 spiro atoms. The summed E-state index contributed by atoms with van der Waals surface area (Å²) >= 11 is 3.49. The predicted octanol–water partition coefficient (Wildman–Crippen LogP) is 3.59. The summed E-state index contributed by atoms with van der Waals surface area (Å²) in [5.74, 6) is 0.750. The summed E-state index contributed by atoms with van der Waals surface area (Å²) in [7, 11) is 1.65. The number of benzene rings is 1. The van der Waals surface area contributed by atoms with Gasteiger partial charge in [0.2, 0.25) is 0 Å². The number of fused-ring (bicyclic) bond motifs is 1. The van der Waals surface area contributed by atoms with E-state index in [1.54, 1.807) is 7.11 Å². The van der Waals surface area contributed by atoms with Crippen LogP contribution in [0.25, 0.3) is 11.1 Å². The van der Waals surface area contributed by atoms with Crippen molar-refractivity contribution in [1.82, 2.24) is 4.98 Å². The smallest absolute Gasteiger partial charge is 0.298 e. The first-order valence-corrected chi connectivity index (χ1v) is 6.97. The van der Waals surface area contributed by atoms with Gasteiger partial charge in [0.25, 0.3) is 6.01 Å². The van der Waals surface area contributed by atoms with Crippen molar-refractivity contribution in [2.24, 2.45) is 0 Å². The Morgan fingerprint density at radius 3 is 2.78 bits per heavy atom. The summed E-state index contributed by atoms with van der Waals surface area (Å²) in [6, 6.07) is 4.52. The maximum atomic E-state index is 5.87. The number of oxazole rings is 1. The van der Waals surface area contributed by atoms with Gasteiger partial charge >= 0.3 is 0 Å². The lowest BCUT2D eigenvalue weighted by Gasteiger charge is -2.24. The predicted molar refractivity (Wildman–Crippen MR) is 74.3 cm³/mol. The first-order valence-electron chi connectivity index (χ1n) is 6.17. The van der Waals surface area contributed by atoms with Crippen LogP contribution in [0.2, 0.25) is 0 Å². The van der Waals surface area contributed by atoms with E-state index in [9.17, 15) is 0 Å². The third-order valence-corrected chi connectivity index (χ3v) is 3.92. The summed E-state index contributed by atoms with van der Waals surface area (Å²) in [4.78, 5) is 6.78. The Balaban J connectivity index is 2.06. The van der Waals surface area contributed by atoms with E-state index in [1.807, 2.05) is 12.1 Å². The van der Waals surface area contributed by atoms with Crippen molar-refractivity contribution >= 4 is 33.0 Å². The molecule has 0 unspecified atom stereocenters. The summed E-state index contributed by atoms with van der Waals surface area (Å²) in [5.41, 5.74) is 1.54. The maximum absolute atomic E-state index is 5.87. The molecule has 0 radical (unpaired) electrons. The van der Waals surface area contributed by atoms with Crippen LogP contribution < -0.4 is 9.64 Å². The lowest BCUT2D eigenvalue weighted by Crippen LogP contribution is -2.29. The number of hydrogen-bond acceptors (Lipinski definition) is 4. The molecule has 96 valence electrons. The largest absolute Gasteiger partial charge is 0.494 e. The van der Waals surface area contributed by atoms with Gasteiger partial charge in [-0.05, 0) is 47.3 Å². The summed E-state index contributed by atoms with van der Waals surface area (Å²) in [6.45, 7) is 2.04. The summed E-state index contributed by atoms with van der Waals surface area (Å²) in [5, 5.41) is 0. The van der Waals surface area contributed by atoms with E-state index in [-0.39, 0.29) is 0 Å². The van der Waals surface area contributed by atoms with Gasteiger partial charge in [-0.2, -0.15) is 4.98 Å². The molecule has 5 heteroatoms. The van der Waals surface area contributed by atoms with Crippen molar-refractivity contribution < 1.29 is 9.15 Å². The van der Waals surface area contributed by atoms with Crippen LogP contribution in [0, 0.1) is 0 Å². The average molecular weight is 311 g/mol. The van der Waals surface area contributed by atoms with Gasteiger partial charge in [-0.3, -0.25) is 0 Å². The number of anilines is 1. The Bertz CT molecular complexity index is 561. The molecule has 2 heterocycles. The van der Waals surface area contributed by atoms with Gasteiger partial charge in [0.15, 0.2) is 11.1 Å². The van der Waals surface area contributed by atoms with Crippen LogP contribution in [0.5, 0.6) is 5.75 Å². The number of methoxy groups -OCH3 is 1. The number of ether oxygens (including phenoxy) is 1. The fourth-order valence-corrected chi connectivity index (χ4v) is 2.73. The lowest BCUT2D eigenvalue weighted by atomic mass is 10.1. The highest BCUT2D eigenvalue weighted by molar-refractivity contribution is 9.10. The quantitative estimate of drug-likeness (QED) is 0.849. The van der Waals surface area contributed by atoms with Crippen molar-refractivity contribution in [3.05, 3.63) is 16.6 Å². The van der Waals surface area contributed by atoms with E-state index >= 15 is 0 Å². The topological polar surface area (TPSA) is 38.5 Å². The molecule has 0 bridgehead atoms. The van der Waals surface area contributed by atoms with E-state index < -0.39 is 0 Å². The molecule has 0 aliphatic carbocycles. The second-order valence-electron chi connectivity index (χ2n) is 4.47. The highest BCUT2D eigenvalue weighted by Gasteiger charge is 2.19. The molecule has 18 heavy (non-hydrogen) atoms. The van der Waals surface area contributed by atoms with Gasteiger partial charge in [-0.15, -0.1) is 0 Å². The number of rotatable bonds is 2. The Morgan fingerprint density at radius 2 is 2.06 bits per heavy atom. The lowest BCUT2D eigenvalue weighted by molar-refractivity contribution is 0.419. The summed E-state index contributed by atoms with van der Waals surface area (Å²) in [6.07, 6.45) is 3.71. The number of piperidine rings is 1. The first-order chi connectivity index (χ1) is 8.79. The van der Waals surface area contributed by atoms with Gasteiger partial charge in [0.05, 0.1) is 11.6 Å². The molecule has 0 atom stereocenters. The summed E-state index contributed by atoms with van der Waals surface area (Å²) < 4.78 is 12.1. The molecular formula is C13H15BrN2O2. The van der Waals surface area contributed by atoms with Crippen LogP contribution >= 0.6 is 15.9 Å². The third-order valence-electron chi connectivity index (χ3n) is 3.29. The maximum Gasteiger partial charge on any atom is 0.298 e. The molecule has 2 aromatic rings. The highest BCUT2D eigenvalue weighted by Crippen LogP contribution is 2.34. The molecule has 0 N–H and O–H groups in total. The molecule has 1 aliphatic heterocycles. The van der Waals surface area contributed by atoms with E-state index in [2.05, 4.69) is 25.8 Å². The molecule has 1 aromatic carbocycles. The minimum Gasteiger partial charge on any atom is -0.494 e. The van der Waals surface area contributed by atoms with Crippen molar-refractivity contribution in [2.75, 3.05) is 25.1 Å². The minimum absolute atomic E-state index is 0.704. The van der Waals surface area contributed by atoms with Crippen LogP contribution in [0.1, 0.15) is 19.3 Å². The molecule has 1 aromatic heterocycles. The fourth-order valence-electron chi connectivity index (χ4n) is 2.33. The molecular weight excluding hydrogens is 296 g/mol. The Hall–Kier alpha value is -1.23. The number of aromatic nitrogens is 1. The van der Waals surface area contributed by atoms with Crippen molar-refractivity contribution in [1.29, 1.82) is 0 Å². The fraction of sp³-hybridized carbons (Fsp3) is 0.462. The van der Waals surface area contributed by atoms with Crippen molar-refractivity contribution in [2.45, 2.75) is 19.3 Å². The number of nitrogens with zero attached hydrogens (tertiary/aromatic N) is 2. The van der Waals surface area contributed by atoms with Gasteiger partial charge in [-0.25, -0.2) is 0 Å². The molecule has 3 rings (SSSR count). The second kappa shape index (κ2) is 4.80. The zero-order valence-electron chi connectivity index (χ0n) is 10.3. The second-order valence-corrected chi connectivity index (χ2v) is 5.33. The van der Waals surface area contributed by atoms with E-state index in [0.29, 0.717) is 6.01 Å². The number of hydrogen-bond donors (Lipinski definition) is 0.